The van der Waals surface area contributed by atoms with Crippen LogP contribution >= 0.6 is 0 Å². The number of aryl methyl sites for hydroxylation is 1. The zero-order valence-electron chi connectivity index (χ0n) is 13.5. The van der Waals surface area contributed by atoms with Crippen molar-refractivity contribution in [3.8, 4) is 0 Å². The van der Waals surface area contributed by atoms with Gasteiger partial charge in [0, 0.05) is 39.3 Å². The van der Waals surface area contributed by atoms with Crippen LogP contribution in [-0.2, 0) is 16.6 Å². The minimum absolute atomic E-state index is 0.0180. The number of likely N-dealkylation sites (tertiary alicyclic amines) is 1. The first kappa shape index (κ1) is 15.1. The summed E-state index contributed by atoms with van der Waals surface area (Å²) in [5.74, 6) is 1.02. The van der Waals surface area contributed by atoms with Crippen LogP contribution in [0.25, 0.3) is 0 Å². The Labute approximate surface area is 131 Å². The molecule has 2 fully saturated rings. The molecule has 0 aliphatic carbocycles. The molecule has 0 bridgehead atoms. The topological polar surface area (TPSA) is 58.4 Å². The summed E-state index contributed by atoms with van der Waals surface area (Å²) in [6, 6.07) is 0. The standard InChI is InChI=1S/C16H24N4O2/c1-11-4-12(2)8-19(7-11)16(22)13-5-15(21)20(9-13)14-6-17-18(3)10-14/h6,10-13H,4-5,7-9H2,1-3H3/t11-,12+,13-/m1/s1. The molecule has 1 aromatic rings. The Morgan fingerprint density at radius 3 is 2.50 bits per heavy atom. The number of anilines is 1. The van der Waals surface area contributed by atoms with E-state index in [4.69, 9.17) is 0 Å². The monoisotopic (exact) mass is 304 g/mol. The van der Waals surface area contributed by atoms with E-state index in [1.165, 1.54) is 6.42 Å². The van der Waals surface area contributed by atoms with Gasteiger partial charge in [-0.3, -0.25) is 14.3 Å². The Bertz CT molecular complexity index is 572. The van der Waals surface area contributed by atoms with E-state index in [1.807, 2.05) is 18.1 Å². The quantitative estimate of drug-likeness (QED) is 0.827. The highest BCUT2D eigenvalue weighted by Gasteiger charge is 2.39. The fraction of sp³-hybridized carbons (Fsp3) is 0.688. The van der Waals surface area contributed by atoms with Crippen LogP contribution in [0.3, 0.4) is 0 Å². The van der Waals surface area contributed by atoms with E-state index in [0.717, 1.165) is 18.8 Å². The molecule has 2 saturated heterocycles. The Kier molecular flexibility index (Phi) is 3.93. The summed E-state index contributed by atoms with van der Waals surface area (Å²) in [7, 11) is 1.82. The van der Waals surface area contributed by atoms with Crippen molar-refractivity contribution < 1.29 is 9.59 Å². The molecule has 2 aliphatic rings. The molecule has 0 saturated carbocycles. The number of carbonyl (C=O) groups excluding carboxylic acids is 2. The normalized spacial score (nSPS) is 29.2. The van der Waals surface area contributed by atoms with E-state index in [0.29, 0.717) is 24.8 Å². The first-order valence-corrected chi connectivity index (χ1v) is 8.02. The lowest BCUT2D eigenvalue weighted by molar-refractivity contribution is -0.138. The molecule has 3 atom stereocenters. The summed E-state index contributed by atoms with van der Waals surface area (Å²) in [5, 5.41) is 4.10. The summed E-state index contributed by atoms with van der Waals surface area (Å²) < 4.78 is 1.67. The Morgan fingerprint density at radius 2 is 1.91 bits per heavy atom. The van der Waals surface area contributed by atoms with Gasteiger partial charge in [-0.1, -0.05) is 13.8 Å². The average molecular weight is 304 g/mol. The summed E-state index contributed by atoms with van der Waals surface area (Å²) in [6.07, 6.45) is 4.98. The summed E-state index contributed by atoms with van der Waals surface area (Å²) in [4.78, 5) is 28.6. The Hall–Kier alpha value is -1.85. The smallest absolute Gasteiger partial charge is 0.228 e. The number of nitrogens with zero attached hydrogens (tertiary/aromatic N) is 4. The third-order valence-electron chi connectivity index (χ3n) is 4.66. The molecule has 3 heterocycles. The van der Waals surface area contributed by atoms with Gasteiger partial charge in [0.1, 0.15) is 0 Å². The van der Waals surface area contributed by atoms with E-state index >= 15 is 0 Å². The second-order valence-electron chi connectivity index (χ2n) is 6.97. The van der Waals surface area contributed by atoms with Crippen LogP contribution in [0.5, 0.6) is 0 Å². The van der Waals surface area contributed by atoms with Gasteiger partial charge in [0.25, 0.3) is 0 Å². The van der Waals surface area contributed by atoms with E-state index in [1.54, 1.807) is 15.8 Å². The maximum Gasteiger partial charge on any atom is 0.228 e. The number of rotatable bonds is 2. The van der Waals surface area contributed by atoms with Crippen LogP contribution < -0.4 is 4.90 Å². The van der Waals surface area contributed by atoms with Gasteiger partial charge in [0.2, 0.25) is 11.8 Å². The third-order valence-corrected chi connectivity index (χ3v) is 4.66. The van der Waals surface area contributed by atoms with Gasteiger partial charge in [-0.2, -0.15) is 5.10 Å². The first-order chi connectivity index (χ1) is 10.4. The van der Waals surface area contributed by atoms with Gasteiger partial charge in [0.15, 0.2) is 0 Å². The lowest BCUT2D eigenvalue weighted by atomic mass is 9.91. The third kappa shape index (κ3) is 2.87. The molecule has 0 aromatic carbocycles. The highest BCUT2D eigenvalue weighted by molar-refractivity contribution is 6.00. The van der Waals surface area contributed by atoms with Gasteiger partial charge in [-0.05, 0) is 18.3 Å². The molecule has 2 amide bonds. The minimum Gasteiger partial charge on any atom is -0.342 e. The molecule has 0 unspecified atom stereocenters. The Morgan fingerprint density at radius 1 is 1.23 bits per heavy atom. The largest absolute Gasteiger partial charge is 0.342 e. The van der Waals surface area contributed by atoms with E-state index in [-0.39, 0.29) is 17.7 Å². The second kappa shape index (κ2) is 5.74. The summed E-state index contributed by atoms with van der Waals surface area (Å²) in [6.45, 7) is 6.50. The zero-order chi connectivity index (χ0) is 15.9. The highest BCUT2D eigenvalue weighted by Crippen LogP contribution is 2.28. The molecule has 0 spiro atoms. The predicted octanol–water partition coefficient (Wildman–Crippen LogP) is 1.28. The van der Waals surface area contributed by atoms with Crippen molar-refractivity contribution in [2.75, 3.05) is 24.5 Å². The van der Waals surface area contributed by atoms with Crippen molar-refractivity contribution in [1.29, 1.82) is 0 Å². The van der Waals surface area contributed by atoms with Crippen LogP contribution in [0.1, 0.15) is 26.7 Å². The van der Waals surface area contributed by atoms with Crippen molar-refractivity contribution in [3.63, 3.8) is 0 Å². The fourth-order valence-corrected chi connectivity index (χ4v) is 3.77. The number of amides is 2. The molecule has 2 aliphatic heterocycles. The maximum atomic E-state index is 12.7. The number of hydrogen-bond donors (Lipinski definition) is 0. The van der Waals surface area contributed by atoms with Gasteiger partial charge >= 0.3 is 0 Å². The van der Waals surface area contributed by atoms with Crippen LogP contribution in [0.2, 0.25) is 0 Å². The van der Waals surface area contributed by atoms with E-state index in [9.17, 15) is 9.59 Å². The van der Waals surface area contributed by atoms with Crippen molar-refractivity contribution in [2.24, 2.45) is 24.8 Å². The number of carbonyl (C=O) groups is 2. The van der Waals surface area contributed by atoms with Crippen LogP contribution in [0, 0.1) is 17.8 Å². The molecule has 0 N–H and O–H groups in total. The molecule has 6 heteroatoms. The molecular weight excluding hydrogens is 280 g/mol. The highest BCUT2D eigenvalue weighted by atomic mass is 16.2. The molecule has 1 aromatic heterocycles. The SMILES string of the molecule is C[C@@H]1C[C@H](C)CN(C(=O)[C@@H]2CC(=O)N(c3cnn(C)c3)C2)C1. The molecule has 22 heavy (non-hydrogen) atoms. The molecule has 3 rings (SSSR count). The van der Waals surface area contributed by atoms with Crippen molar-refractivity contribution in [2.45, 2.75) is 26.7 Å². The van der Waals surface area contributed by atoms with E-state index < -0.39 is 0 Å². The van der Waals surface area contributed by atoms with Gasteiger partial charge < -0.3 is 9.80 Å². The average Bonchev–Trinajstić information content (AvgIpc) is 3.03. The minimum atomic E-state index is -0.217. The maximum absolute atomic E-state index is 12.7. The molecule has 120 valence electrons. The van der Waals surface area contributed by atoms with Gasteiger partial charge in [-0.15, -0.1) is 0 Å². The van der Waals surface area contributed by atoms with Crippen LogP contribution in [0.4, 0.5) is 5.69 Å². The van der Waals surface area contributed by atoms with Crippen molar-refractivity contribution in [1.82, 2.24) is 14.7 Å². The Balaban J connectivity index is 1.68. The van der Waals surface area contributed by atoms with Gasteiger partial charge in [0.05, 0.1) is 17.8 Å². The molecule has 0 radical (unpaired) electrons. The van der Waals surface area contributed by atoms with Crippen molar-refractivity contribution >= 4 is 17.5 Å². The van der Waals surface area contributed by atoms with Crippen LogP contribution in [-0.4, -0.2) is 46.1 Å². The number of aromatic nitrogens is 2. The van der Waals surface area contributed by atoms with Crippen molar-refractivity contribution in [3.05, 3.63) is 12.4 Å². The summed E-state index contributed by atoms with van der Waals surface area (Å²) >= 11 is 0. The van der Waals surface area contributed by atoms with Gasteiger partial charge in [-0.25, -0.2) is 0 Å². The fourth-order valence-electron chi connectivity index (χ4n) is 3.77. The van der Waals surface area contributed by atoms with E-state index in [2.05, 4.69) is 18.9 Å². The molecular formula is C16H24N4O2. The number of piperidine rings is 1. The zero-order valence-corrected chi connectivity index (χ0v) is 13.5. The number of hydrogen-bond acceptors (Lipinski definition) is 3. The predicted molar refractivity (Wildman–Crippen MR) is 83.2 cm³/mol. The summed E-state index contributed by atoms with van der Waals surface area (Å²) in [5.41, 5.74) is 0.781. The lowest BCUT2D eigenvalue weighted by Gasteiger charge is -2.36. The second-order valence-corrected chi connectivity index (χ2v) is 6.97. The first-order valence-electron chi connectivity index (χ1n) is 8.02. The molecule has 6 nitrogen and oxygen atoms in total. The lowest BCUT2D eigenvalue weighted by Crippen LogP contribution is -2.45. The van der Waals surface area contributed by atoms with Crippen LogP contribution in [0.15, 0.2) is 12.4 Å².